The largest absolute Gasteiger partial charge is 0.393 e. The molecule has 1 saturated carbocycles. The molecule has 1 heterocycles. The van der Waals surface area contributed by atoms with Crippen molar-refractivity contribution in [3.8, 4) is 0 Å². The predicted octanol–water partition coefficient (Wildman–Crippen LogP) is 1.01. The Labute approximate surface area is 101 Å². The number of imide groups is 1. The Balaban J connectivity index is 2.05. The summed E-state index contributed by atoms with van der Waals surface area (Å²) in [7, 11) is 0. The van der Waals surface area contributed by atoms with Crippen molar-refractivity contribution in [1.82, 2.24) is 10.2 Å². The van der Waals surface area contributed by atoms with Gasteiger partial charge in [-0.1, -0.05) is 19.3 Å². The maximum absolute atomic E-state index is 12.3. The average molecular weight is 240 g/mol. The fourth-order valence-electron chi connectivity index (χ4n) is 2.69. The number of aliphatic hydroxyl groups is 1. The van der Waals surface area contributed by atoms with E-state index in [2.05, 4.69) is 5.32 Å². The van der Waals surface area contributed by atoms with Crippen molar-refractivity contribution in [2.45, 2.75) is 57.1 Å². The number of carbonyl (C=O) groups excluding carboxylic acids is 2. The number of aliphatic hydroxyl groups excluding tert-OH is 1. The molecule has 1 aliphatic carbocycles. The highest BCUT2D eigenvalue weighted by molar-refractivity contribution is 6.07. The normalized spacial score (nSPS) is 25.2. The second kappa shape index (κ2) is 4.64. The van der Waals surface area contributed by atoms with Crippen LogP contribution in [0.3, 0.4) is 0 Å². The molecule has 0 radical (unpaired) electrons. The minimum Gasteiger partial charge on any atom is -0.393 e. The molecule has 3 amide bonds. The number of nitrogens with zero attached hydrogens (tertiary/aromatic N) is 1. The van der Waals surface area contributed by atoms with E-state index >= 15 is 0 Å². The van der Waals surface area contributed by atoms with E-state index in [1.807, 2.05) is 0 Å². The van der Waals surface area contributed by atoms with Gasteiger partial charge in [0.15, 0.2) is 0 Å². The van der Waals surface area contributed by atoms with E-state index in [1.54, 1.807) is 6.92 Å². The van der Waals surface area contributed by atoms with Crippen LogP contribution >= 0.6 is 0 Å². The van der Waals surface area contributed by atoms with Crippen LogP contribution in [0.1, 0.15) is 45.4 Å². The Morgan fingerprint density at radius 3 is 2.59 bits per heavy atom. The van der Waals surface area contributed by atoms with Gasteiger partial charge >= 0.3 is 6.03 Å². The van der Waals surface area contributed by atoms with Gasteiger partial charge in [-0.25, -0.2) is 4.79 Å². The molecule has 1 aliphatic heterocycles. The summed E-state index contributed by atoms with van der Waals surface area (Å²) in [5.41, 5.74) is -0.631. The molecule has 5 nitrogen and oxygen atoms in total. The highest BCUT2D eigenvalue weighted by Crippen LogP contribution is 2.33. The van der Waals surface area contributed by atoms with Crippen molar-refractivity contribution in [2.75, 3.05) is 6.54 Å². The van der Waals surface area contributed by atoms with Crippen LogP contribution < -0.4 is 5.32 Å². The minimum absolute atomic E-state index is 0.0946. The molecule has 0 aromatic rings. The standard InChI is InChI=1S/C12H20N2O3/c1-9(15)5-8-14-10(16)12(13-11(14)17)6-3-2-4-7-12/h9,15H,2-8H2,1H3,(H,13,17). The number of hydrogen-bond acceptors (Lipinski definition) is 3. The van der Waals surface area contributed by atoms with Gasteiger partial charge in [0, 0.05) is 6.54 Å². The summed E-state index contributed by atoms with van der Waals surface area (Å²) in [5, 5.41) is 12.1. The molecule has 5 heteroatoms. The van der Waals surface area contributed by atoms with E-state index in [9.17, 15) is 14.7 Å². The molecule has 2 N–H and O–H groups in total. The lowest BCUT2D eigenvalue weighted by Gasteiger charge is -2.30. The second-order valence-corrected chi connectivity index (χ2v) is 5.17. The van der Waals surface area contributed by atoms with Crippen LogP contribution in [0.5, 0.6) is 0 Å². The summed E-state index contributed by atoms with van der Waals surface area (Å²) >= 11 is 0. The SMILES string of the molecule is CC(O)CCN1C(=O)NC2(CCCCC2)C1=O. The van der Waals surface area contributed by atoms with E-state index in [4.69, 9.17) is 0 Å². The van der Waals surface area contributed by atoms with Gasteiger partial charge in [-0.2, -0.15) is 0 Å². The first-order valence-electron chi connectivity index (χ1n) is 6.37. The molecular weight excluding hydrogens is 220 g/mol. The summed E-state index contributed by atoms with van der Waals surface area (Å²) in [6.45, 7) is 1.97. The van der Waals surface area contributed by atoms with Crippen molar-refractivity contribution >= 4 is 11.9 Å². The number of nitrogens with one attached hydrogen (secondary N) is 1. The van der Waals surface area contributed by atoms with E-state index in [0.717, 1.165) is 32.1 Å². The first-order chi connectivity index (χ1) is 8.05. The molecule has 0 aromatic heterocycles. The van der Waals surface area contributed by atoms with E-state index < -0.39 is 11.6 Å². The van der Waals surface area contributed by atoms with Gasteiger partial charge in [0.25, 0.3) is 5.91 Å². The van der Waals surface area contributed by atoms with Crippen molar-refractivity contribution in [1.29, 1.82) is 0 Å². The first-order valence-corrected chi connectivity index (χ1v) is 6.37. The van der Waals surface area contributed by atoms with Gasteiger partial charge in [0.1, 0.15) is 5.54 Å². The Bertz CT molecular complexity index is 322. The van der Waals surface area contributed by atoms with Crippen LogP contribution in [0.2, 0.25) is 0 Å². The maximum atomic E-state index is 12.3. The van der Waals surface area contributed by atoms with Gasteiger partial charge in [0.2, 0.25) is 0 Å². The first kappa shape index (κ1) is 12.4. The summed E-state index contributed by atoms with van der Waals surface area (Å²) in [6.07, 6.45) is 4.59. The number of carbonyl (C=O) groups is 2. The summed E-state index contributed by atoms with van der Waals surface area (Å²) in [5.74, 6) is -0.0946. The van der Waals surface area contributed by atoms with Gasteiger partial charge in [-0.15, -0.1) is 0 Å². The summed E-state index contributed by atoms with van der Waals surface area (Å²) < 4.78 is 0. The third-order valence-corrected chi connectivity index (χ3v) is 3.72. The van der Waals surface area contributed by atoms with Crippen molar-refractivity contribution < 1.29 is 14.7 Å². The monoisotopic (exact) mass is 240 g/mol. The quantitative estimate of drug-likeness (QED) is 0.723. The maximum Gasteiger partial charge on any atom is 0.325 e. The molecule has 96 valence electrons. The Morgan fingerprint density at radius 2 is 2.00 bits per heavy atom. The lowest BCUT2D eigenvalue weighted by Crippen LogP contribution is -2.48. The second-order valence-electron chi connectivity index (χ2n) is 5.17. The minimum atomic E-state index is -0.631. The third kappa shape index (κ3) is 2.29. The van der Waals surface area contributed by atoms with Gasteiger partial charge in [0.05, 0.1) is 6.10 Å². The zero-order chi connectivity index (χ0) is 12.5. The van der Waals surface area contributed by atoms with Crippen molar-refractivity contribution in [3.63, 3.8) is 0 Å². The zero-order valence-corrected chi connectivity index (χ0v) is 10.2. The van der Waals surface area contributed by atoms with E-state index in [0.29, 0.717) is 13.0 Å². The third-order valence-electron chi connectivity index (χ3n) is 3.72. The molecule has 2 aliphatic rings. The molecule has 2 rings (SSSR count). The van der Waals surface area contributed by atoms with E-state index in [1.165, 1.54) is 4.90 Å². The highest BCUT2D eigenvalue weighted by atomic mass is 16.3. The molecule has 1 saturated heterocycles. The Morgan fingerprint density at radius 1 is 1.35 bits per heavy atom. The van der Waals surface area contributed by atoms with Crippen LogP contribution in [-0.4, -0.2) is 40.1 Å². The summed E-state index contributed by atoms with van der Waals surface area (Å²) in [6, 6.07) is -0.294. The Hall–Kier alpha value is -1.10. The molecule has 1 spiro atoms. The smallest absolute Gasteiger partial charge is 0.325 e. The average Bonchev–Trinajstić information content (AvgIpc) is 2.50. The Kier molecular flexibility index (Phi) is 3.38. The fourth-order valence-corrected chi connectivity index (χ4v) is 2.69. The molecule has 2 fully saturated rings. The molecule has 17 heavy (non-hydrogen) atoms. The van der Waals surface area contributed by atoms with Crippen LogP contribution in [-0.2, 0) is 4.79 Å². The molecule has 0 aromatic carbocycles. The lowest BCUT2D eigenvalue weighted by molar-refractivity contribution is -0.132. The van der Waals surface area contributed by atoms with Crippen LogP contribution in [0, 0.1) is 0 Å². The number of urea groups is 1. The molecule has 1 unspecified atom stereocenters. The lowest BCUT2D eigenvalue weighted by atomic mass is 9.82. The fraction of sp³-hybridized carbons (Fsp3) is 0.833. The molecule has 1 atom stereocenters. The number of hydrogen-bond donors (Lipinski definition) is 2. The van der Waals surface area contributed by atoms with Crippen LogP contribution in [0.25, 0.3) is 0 Å². The van der Waals surface area contributed by atoms with Crippen LogP contribution in [0.4, 0.5) is 4.79 Å². The van der Waals surface area contributed by atoms with Crippen molar-refractivity contribution in [3.05, 3.63) is 0 Å². The van der Waals surface area contributed by atoms with Crippen molar-refractivity contribution in [2.24, 2.45) is 0 Å². The van der Waals surface area contributed by atoms with Gasteiger partial charge in [-0.3, -0.25) is 9.69 Å². The molecule has 0 bridgehead atoms. The topological polar surface area (TPSA) is 69.6 Å². The van der Waals surface area contributed by atoms with Gasteiger partial charge in [-0.05, 0) is 26.2 Å². The van der Waals surface area contributed by atoms with Crippen LogP contribution in [0.15, 0.2) is 0 Å². The molecular formula is C12H20N2O3. The summed E-state index contributed by atoms with van der Waals surface area (Å²) in [4.78, 5) is 25.3. The van der Waals surface area contributed by atoms with Gasteiger partial charge < -0.3 is 10.4 Å². The number of amides is 3. The predicted molar refractivity (Wildman–Crippen MR) is 62.4 cm³/mol. The highest BCUT2D eigenvalue weighted by Gasteiger charge is 2.50. The zero-order valence-electron chi connectivity index (χ0n) is 10.2. The number of rotatable bonds is 3. The van der Waals surface area contributed by atoms with E-state index in [-0.39, 0.29) is 11.9 Å².